The van der Waals surface area contributed by atoms with E-state index in [0.717, 1.165) is 36.6 Å². The smallest absolute Gasteiger partial charge is 0.0922 e. The van der Waals surface area contributed by atoms with Crippen LogP contribution in [-0.4, -0.2) is 26.7 Å². The lowest BCUT2D eigenvalue weighted by molar-refractivity contribution is 0.819. The summed E-state index contributed by atoms with van der Waals surface area (Å²) in [6, 6.07) is 6.76. The minimum absolute atomic E-state index is 0.875. The van der Waals surface area contributed by atoms with Crippen LogP contribution in [0.15, 0.2) is 30.7 Å². The third-order valence-electron chi connectivity index (χ3n) is 4.41. The molecule has 0 radical (unpaired) electrons. The van der Waals surface area contributed by atoms with Gasteiger partial charge in [-0.3, -0.25) is 5.10 Å². The normalized spacial score (nSPS) is 13.6. The fourth-order valence-corrected chi connectivity index (χ4v) is 3.32. The fourth-order valence-electron chi connectivity index (χ4n) is 3.32. The van der Waals surface area contributed by atoms with E-state index in [1.807, 2.05) is 6.20 Å². The molecule has 3 heterocycles. The molecule has 0 saturated carbocycles. The van der Waals surface area contributed by atoms with Gasteiger partial charge in [0.1, 0.15) is 0 Å². The molecule has 0 fully saturated rings. The zero-order valence-corrected chi connectivity index (χ0v) is 12.8. The summed E-state index contributed by atoms with van der Waals surface area (Å²) in [7, 11) is 0. The number of aromatic amines is 2. The molecular formula is C17H19N5. The number of hydrogen-bond acceptors (Lipinski definition) is 3. The van der Waals surface area contributed by atoms with E-state index < -0.39 is 0 Å². The van der Waals surface area contributed by atoms with Gasteiger partial charge in [0.15, 0.2) is 0 Å². The number of imidazole rings is 1. The summed E-state index contributed by atoms with van der Waals surface area (Å²) in [5, 5.41) is 7.39. The van der Waals surface area contributed by atoms with Gasteiger partial charge in [-0.2, -0.15) is 5.10 Å². The van der Waals surface area contributed by atoms with E-state index in [0.29, 0.717) is 0 Å². The summed E-state index contributed by atoms with van der Waals surface area (Å²) >= 11 is 0. The third kappa shape index (κ3) is 2.09. The van der Waals surface area contributed by atoms with Gasteiger partial charge in [0, 0.05) is 29.7 Å². The van der Waals surface area contributed by atoms with Crippen molar-refractivity contribution in [1.29, 1.82) is 0 Å². The number of hydrogen-bond donors (Lipinski definition) is 2. The maximum Gasteiger partial charge on any atom is 0.0922 e. The molecule has 5 heteroatoms. The molecule has 1 aromatic carbocycles. The second-order valence-electron chi connectivity index (χ2n) is 5.90. The van der Waals surface area contributed by atoms with E-state index in [4.69, 9.17) is 0 Å². The third-order valence-corrected chi connectivity index (χ3v) is 4.41. The van der Waals surface area contributed by atoms with Crippen molar-refractivity contribution in [1.82, 2.24) is 20.2 Å². The van der Waals surface area contributed by atoms with Gasteiger partial charge in [0.05, 0.1) is 24.3 Å². The SMILES string of the molecule is Cc1n[nH]c(C)c1-c1ccc2c(c1)N(Cc1cnc[nH]1)CC2. The Labute approximate surface area is 129 Å². The molecule has 0 bridgehead atoms. The minimum atomic E-state index is 0.875. The second-order valence-corrected chi connectivity index (χ2v) is 5.90. The zero-order chi connectivity index (χ0) is 15.1. The standard InChI is InChI=1S/C17H19N5/c1-11-17(12(2)21-20-11)14-4-3-13-5-6-22(16(13)7-14)9-15-8-18-10-19-15/h3-4,7-8,10H,5-6,9H2,1-2H3,(H,18,19)(H,20,21). The first kappa shape index (κ1) is 13.1. The Bertz CT molecular complexity index is 781. The summed E-state index contributed by atoms with van der Waals surface area (Å²) in [5.74, 6) is 0. The first-order valence-corrected chi connectivity index (χ1v) is 7.59. The molecule has 5 nitrogen and oxygen atoms in total. The van der Waals surface area contributed by atoms with E-state index in [1.165, 1.54) is 22.4 Å². The second kappa shape index (κ2) is 5.02. The molecule has 0 amide bonds. The average molecular weight is 293 g/mol. The molecule has 1 aliphatic rings. The first-order valence-electron chi connectivity index (χ1n) is 7.59. The maximum absolute atomic E-state index is 4.31. The Morgan fingerprint density at radius 1 is 1.27 bits per heavy atom. The maximum atomic E-state index is 4.31. The van der Waals surface area contributed by atoms with Gasteiger partial charge < -0.3 is 9.88 Å². The van der Waals surface area contributed by atoms with Crippen molar-refractivity contribution in [3.8, 4) is 11.1 Å². The first-order chi connectivity index (χ1) is 10.7. The average Bonchev–Trinajstić information content (AvgIpc) is 3.22. The molecule has 3 aromatic rings. The van der Waals surface area contributed by atoms with E-state index in [1.54, 1.807) is 6.33 Å². The van der Waals surface area contributed by atoms with Gasteiger partial charge >= 0.3 is 0 Å². The summed E-state index contributed by atoms with van der Waals surface area (Å²) in [6.07, 6.45) is 4.74. The van der Waals surface area contributed by atoms with E-state index in [2.05, 4.69) is 57.1 Å². The van der Waals surface area contributed by atoms with Crippen molar-refractivity contribution in [2.75, 3.05) is 11.4 Å². The molecule has 1 aliphatic heterocycles. The number of H-pyrrole nitrogens is 2. The fraction of sp³-hybridized carbons (Fsp3) is 0.294. The number of nitrogens with zero attached hydrogens (tertiary/aromatic N) is 3. The van der Waals surface area contributed by atoms with Crippen molar-refractivity contribution in [2.45, 2.75) is 26.8 Å². The molecular weight excluding hydrogens is 274 g/mol. The Balaban J connectivity index is 1.71. The molecule has 22 heavy (non-hydrogen) atoms. The highest BCUT2D eigenvalue weighted by molar-refractivity contribution is 5.74. The van der Waals surface area contributed by atoms with E-state index in [9.17, 15) is 0 Å². The van der Waals surface area contributed by atoms with Crippen LogP contribution in [0.25, 0.3) is 11.1 Å². The highest BCUT2D eigenvalue weighted by atomic mass is 15.2. The van der Waals surface area contributed by atoms with Crippen LogP contribution in [0.3, 0.4) is 0 Å². The van der Waals surface area contributed by atoms with Crippen molar-refractivity contribution in [3.05, 3.63) is 53.4 Å². The summed E-state index contributed by atoms with van der Waals surface area (Å²) in [5.41, 5.74) is 8.52. The van der Waals surface area contributed by atoms with Crippen molar-refractivity contribution < 1.29 is 0 Å². The molecule has 4 rings (SSSR count). The van der Waals surface area contributed by atoms with Crippen LogP contribution in [0, 0.1) is 13.8 Å². The number of rotatable bonds is 3. The molecule has 2 N–H and O–H groups in total. The number of aryl methyl sites for hydroxylation is 2. The van der Waals surface area contributed by atoms with Crippen LogP contribution in [-0.2, 0) is 13.0 Å². The lowest BCUT2D eigenvalue weighted by Crippen LogP contribution is -2.19. The van der Waals surface area contributed by atoms with Crippen LogP contribution >= 0.6 is 0 Å². The lowest BCUT2D eigenvalue weighted by atomic mass is 10.0. The van der Waals surface area contributed by atoms with Crippen LogP contribution in [0.2, 0.25) is 0 Å². The van der Waals surface area contributed by atoms with Gasteiger partial charge in [0.2, 0.25) is 0 Å². The Kier molecular flexibility index (Phi) is 2.99. The summed E-state index contributed by atoms with van der Waals surface area (Å²) in [6.45, 7) is 6.06. The Hall–Kier alpha value is -2.56. The van der Waals surface area contributed by atoms with Gasteiger partial charge in [-0.25, -0.2) is 4.98 Å². The highest BCUT2D eigenvalue weighted by Gasteiger charge is 2.21. The van der Waals surface area contributed by atoms with Crippen LogP contribution in [0.4, 0.5) is 5.69 Å². The van der Waals surface area contributed by atoms with Crippen LogP contribution in [0.1, 0.15) is 22.6 Å². The van der Waals surface area contributed by atoms with Crippen molar-refractivity contribution in [2.24, 2.45) is 0 Å². The molecule has 0 spiro atoms. The topological polar surface area (TPSA) is 60.6 Å². The van der Waals surface area contributed by atoms with Crippen LogP contribution in [0.5, 0.6) is 0 Å². The number of nitrogens with one attached hydrogen (secondary N) is 2. The number of aromatic nitrogens is 4. The van der Waals surface area contributed by atoms with E-state index in [-0.39, 0.29) is 0 Å². The zero-order valence-electron chi connectivity index (χ0n) is 12.8. The van der Waals surface area contributed by atoms with Crippen molar-refractivity contribution in [3.63, 3.8) is 0 Å². The summed E-state index contributed by atoms with van der Waals surface area (Å²) < 4.78 is 0. The number of anilines is 1. The lowest BCUT2D eigenvalue weighted by Gasteiger charge is -2.19. The van der Waals surface area contributed by atoms with Gasteiger partial charge in [0.25, 0.3) is 0 Å². The Morgan fingerprint density at radius 2 is 2.18 bits per heavy atom. The van der Waals surface area contributed by atoms with Gasteiger partial charge in [-0.05, 0) is 37.5 Å². The predicted octanol–water partition coefficient (Wildman–Crippen LogP) is 2.98. The molecule has 2 aromatic heterocycles. The molecule has 0 atom stereocenters. The molecule has 0 unspecified atom stereocenters. The number of fused-ring (bicyclic) bond motifs is 1. The van der Waals surface area contributed by atoms with Gasteiger partial charge in [-0.15, -0.1) is 0 Å². The van der Waals surface area contributed by atoms with E-state index >= 15 is 0 Å². The molecule has 112 valence electrons. The Morgan fingerprint density at radius 3 is 2.91 bits per heavy atom. The largest absolute Gasteiger partial charge is 0.365 e. The van der Waals surface area contributed by atoms with Crippen molar-refractivity contribution >= 4 is 5.69 Å². The number of benzene rings is 1. The van der Waals surface area contributed by atoms with Gasteiger partial charge in [-0.1, -0.05) is 12.1 Å². The van der Waals surface area contributed by atoms with Crippen LogP contribution < -0.4 is 4.90 Å². The summed E-state index contributed by atoms with van der Waals surface area (Å²) in [4.78, 5) is 9.71. The minimum Gasteiger partial charge on any atom is -0.365 e. The monoisotopic (exact) mass is 293 g/mol. The predicted molar refractivity (Wildman–Crippen MR) is 86.8 cm³/mol. The molecule has 0 aliphatic carbocycles. The molecule has 0 saturated heterocycles. The highest BCUT2D eigenvalue weighted by Crippen LogP contribution is 2.35. The quantitative estimate of drug-likeness (QED) is 0.780.